The maximum absolute atomic E-state index is 13.4. The van der Waals surface area contributed by atoms with E-state index in [0.717, 1.165) is 41.1 Å². The maximum Gasteiger partial charge on any atom is 0.266 e. The summed E-state index contributed by atoms with van der Waals surface area (Å²) in [6, 6.07) is 28.1. The molecule has 1 saturated heterocycles. The molecule has 0 N–H and O–H groups in total. The molecule has 1 aromatic heterocycles. The number of carbonyl (C=O) groups excluding carboxylic acids is 1. The second-order valence-electron chi connectivity index (χ2n) is 9.84. The summed E-state index contributed by atoms with van der Waals surface area (Å²) in [6.45, 7) is 5.62. The van der Waals surface area contributed by atoms with Crippen molar-refractivity contribution in [1.29, 1.82) is 0 Å². The van der Waals surface area contributed by atoms with E-state index in [4.69, 9.17) is 22.1 Å². The zero-order valence-corrected chi connectivity index (χ0v) is 23.8. The predicted octanol–water partition coefficient (Wildman–Crippen LogP) is 7.41. The van der Waals surface area contributed by atoms with Gasteiger partial charge in [0.25, 0.3) is 5.91 Å². The quantitative estimate of drug-likeness (QED) is 0.151. The van der Waals surface area contributed by atoms with Crippen molar-refractivity contribution in [2.24, 2.45) is 5.92 Å². The Labute approximate surface area is 239 Å². The molecule has 1 aliphatic heterocycles. The van der Waals surface area contributed by atoms with E-state index >= 15 is 0 Å². The molecule has 5 rings (SSSR count). The van der Waals surface area contributed by atoms with Crippen molar-refractivity contribution in [3.05, 3.63) is 107 Å². The number of thiocarbonyl (C=S) groups is 1. The van der Waals surface area contributed by atoms with E-state index in [9.17, 15) is 4.79 Å². The standard InChI is InChI=1S/C32H31N3O2S2/c1-23(2)18-20-37-28-15-13-25(14-16-28)30-26(22-35(33-30)27-11-7-4-8-12-27)21-29-31(36)34(32(38)39-29)19-17-24-9-5-3-6-10-24/h3-16,21-23H,17-20H2,1-2H3. The summed E-state index contributed by atoms with van der Waals surface area (Å²) in [5.41, 5.74) is 4.73. The van der Waals surface area contributed by atoms with Gasteiger partial charge in [-0.3, -0.25) is 9.69 Å². The van der Waals surface area contributed by atoms with E-state index in [1.54, 1.807) is 4.90 Å². The van der Waals surface area contributed by atoms with Crippen molar-refractivity contribution < 1.29 is 9.53 Å². The highest BCUT2D eigenvalue weighted by molar-refractivity contribution is 8.26. The molecule has 39 heavy (non-hydrogen) atoms. The fourth-order valence-electron chi connectivity index (χ4n) is 4.27. The number of ether oxygens (including phenoxy) is 1. The van der Waals surface area contributed by atoms with Gasteiger partial charge in [0.05, 0.1) is 22.9 Å². The molecule has 3 aromatic carbocycles. The number of rotatable bonds is 10. The van der Waals surface area contributed by atoms with Crippen molar-refractivity contribution >= 4 is 40.3 Å². The van der Waals surface area contributed by atoms with Crippen LogP contribution < -0.4 is 4.74 Å². The van der Waals surface area contributed by atoms with E-state index < -0.39 is 0 Å². The molecular formula is C32H31N3O2S2. The number of aromatic nitrogens is 2. The summed E-state index contributed by atoms with van der Waals surface area (Å²) in [7, 11) is 0. The molecule has 0 aliphatic carbocycles. The number of thioether (sulfide) groups is 1. The molecule has 1 fully saturated rings. The lowest BCUT2D eigenvalue weighted by atomic mass is 10.1. The van der Waals surface area contributed by atoms with Crippen LogP contribution in [0.2, 0.25) is 0 Å². The molecular weight excluding hydrogens is 523 g/mol. The monoisotopic (exact) mass is 553 g/mol. The van der Waals surface area contributed by atoms with Crippen LogP contribution in [-0.4, -0.2) is 38.1 Å². The fraction of sp³-hybridized carbons (Fsp3) is 0.219. The van der Waals surface area contributed by atoms with Crippen LogP contribution in [0.3, 0.4) is 0 Å². The van der Waals surface area contributed by atoms with Crippen LogP contribution in [0.5, 0.6) is 5.75 Å². The summed E-state index contributed by atoms with van der Waals surface area (Å²) >= 11 is 6.94. The van der Waals surface area contributed by atoms with Crippen molar-refractivity contribution in [2.45, 2.75) is 26.7 Å². The third-order valence-corrected chi connectivity index (χ3v) is 7.86. The molecule has 5 nitrogen and oxygen atoms in total. The Morgan fingerprint density at radius 2 is 1.67 bits per heavy atom. The first kappa shape index (κ1) is 26.9. The van der Waals surface area contributed by atoms with E-state index in [0.29, 0.717) is 28.3 Å². The Morgan fingerprint density at radius 3 is 2.36 bits per heavy atom. The van der Waals surface area contributed by atoms with Gasteiger partial charge in [0.2, 0.25) is 0 Å². The Balaban J connectivity index is 1.41. The molecule has 2 heterocycles. The number of benzene rings is 3. The lowest BCUT2D eigenvalue weighted by Gasteiger charge is -2.14. The average Bonchev–Trinajstić information content (AvgIpc) is 3.49. The van der Waals surface area contributed by atoms with Crippen molar-refractivity contribution in [2.75, 3.05) is 13.2 Å². The Morgan fingerprint density at radius 1 is 0.974 bits per heavy atom. The second-order valence-corrected chi connectivity index (χ2v) is 11.5. The largest absolute Gasteiger partial charge is 0.494 e. The van der Waals surface area contributed by atoms with Crippen LogP contribution in [0, 0.1) is 5.92 Å². The van der Waals surface area contributed by atoms with E-state index in [-0.39, 0.29) is 5.91 Å². The molecule has 0 saturated carbocycles. The Kier molecular flexibility index (Phi) is 8.59. The average molecular weight is 554 g/mol. The van der Waals surface area contributed by atoms with Gasteiger partial charge in [0.15, 0.2) is 0 Å². The number of nitrogens with zero attached hydrogens (tertiary/aromatic N) is 3. The minimum atomic E-state index is -0.0618. The highest BCUT2D eigenvalue weighted by Crippen LogP contribution is 2.35. The van der Waals surface area contributed by atoms with Crippen LogP contribution in [0.1, 0.15) is 31.4 Å². The summed E-state index contributed by atoms with van der Waals surface area (Å²) in [5.74, 6) is 1.37. The molecule has 7 heteroatoms. The zero-order valence-electron chi connectivity index (χ0n) is 22.1. The van der Waals surface area contributed by atoms with Crippen molar-refractivity contribution in [3.63, 3.8) is 0 Å². The minimum absolute atomic E-state index is 0.0618. The van der Waals surface area contributed by atoms with E-state index in [2.05, 4.69) is 26.0 Å². The van der Waals surface area contributed by atoms with Gasteiger partial charge in [0.1, 0.15) is 10.1 Å². The van der Waals surface area contributed by atoms with E-state index in [1.807, 2.05) is 89.8 Å². The van der Waals surface area contributed by atoms with Crippen molar-refractivity contribution in [1.82, 2.24) is 14.7 Å². The molecule has 0 unspecified atom stereocenters. The second kappa shape index (κ2) is 12.5. The molecule has 1 aliphatic rings. The molecule has 1 amide bonds. The first-order chi connectivity index (χ1) is 19.0. The highest BCUT2D eigenvalue weighted by Gasteiger charge is 2.32. The lowest BCUT2D eigenvalue weighted by Crippen LogP contribution is -2.30. The predicted molar refractivity (Wildman–Crippen MR) is 164 cm³/mol. The summed E-state index contributed by atoms with van der Waals surface area (Å²) in [4.78, 5) is 15.7. The molecule has 4 aromatic rings. The normalized spacial score (nSPS) is 14.5. The van der Waals surface area contributed by atoms with Gasteiger partial charge in [-0.05, 0) is 66.8 Å². The van der Waals surface area contributed by atoms with Gasteiger partial charge >= 0.3 is 0 Å². The van der Waals surface area contributed by atoms with Crippen LogP contribution in [0.25, 0.3) is 23.0 Å². The van der Waals surface area contributed by atoms with Gasteiger partial charge in [-0.25, -0.2) is 4.68 Å². The first-order valence-corrected chi connectivity index (χ1v) is 14.4. The van der Waals surface area contributed by atoms with E-state index in [1.165, 1.54) is 17.3 Å². The first-order valence-electron chi connectivity index (χ1n) is 13.2. The molecule has 0 spiro atoms. The van der Waals surface area contributed by atoms with Crippen molar-refractivity contribution in [3.8, 4) is 22.7 Å². The number of para-hydroxylation sites is 1. The smallest absolute Gasteiger partial charge is 0.266 e. The third kappa shape index (κ3) is 6.67. The third-order valence-electron chi connectivity index (χ3n) is 6.48. The van der Waals surface area contributed by atoms with Gasteiger partial charge in [-0.2, -0.15) is 5.10 Å². The number of amides is 1. The molecule has 0 atom stereocenters. The Bertz CT molecular complexity index is 1460. The van der Waals surface area contributed by atoms with Gasteiger partial charge in [-0.15, -0.1) is 0 Å². The van der Waals surface area contributed by atoms with Crippen LogP contribution in [-0.2, 0) is 11.2 Å². The molecule has 198 valence electrons. The molecule has 0 bridgehead atoms. The van der Waals surface area contributed by atoms with Crippen LogP contribution in [0.15, 0.2) is 96.0 Å². The Hall–Kier alpha value is -3.68. The number of hydrogen-bond acceptors (Lipinski definition) is 5. The van der Waals surface area contributed by atoms with Crippen LogP contribution in [0.4, 0.5) is 0 Å². The zero-order chi connectivity index (χ0) is 27.2. The maximum atomic E-state index is 13.4. The highest BCUT2D eigenvalue weighted by atomic mass is 32.2. The van der Waals surface area contributed by atoms with Gasteiger partial charge in [-0.1, -0.05) is 86.4 Å². The van der Waals surface area contributed by atoms with Gasteiger partial charge in [0, 0.05) is 23.9 Å². The minimum Gasteiger partial charge on any atom is -0.494 e. The summed E-state index contributed by atoms with van der Waals surface area (Å²) in [5, 5.41) is 4.91. The summed E-state index contributed by atoms with van der Waals surface area (Å²) in [6.07, 6.45) is 5.64. The van der Waals surface area contributed by atoms with Crippen LogP contribution >= 0.6 is 24.0 Å². The lowest BCUT2D eigenvalue weighted by molar-refractivity contribution is -0.122. The number of carbonyl (C=O) groups is 1. The summed E-state index contributed by atoms with van der Waals surface area (Å²) < 4.78 is 8.34. The molecule has 0 radical (unpaired) electrons. The fourth-order valence-corrected chi connectivity index (χ4v) is 5.57. The SMILES string of the molecule is CC(C)CCOc1ccc(-c2nn(-c3ccccc3)cc2C=C2SC(=S)N(CCc3ccccc3)C2=O)cc1. The topological polar surface area (TPSA) is 47.4 Å². The number of hydrogen-bond donors (Lipinski definition) is 0. The van der Waals surface area contributed by atoms with Gasteiger partial charge < -0.3 is 4.74 Å².